The summed E-state index contributed by atoms with van der Waals surface area (Å²) >= 11 is 4.28. The quantitative estimate of drug-likeness (QED) is 0.624. The molecule has 0 N–H and O–H groups in total. The number of carbonyl (C=O) groups is 1. The van der Waals surface area contributed by atoms with Crippen LogP contribution in [0.2, 0.25) is 0 Å². The van der Waals surface area contributed by atoms with Crippen LogP contribution in [0.3, 0.4) is 0 Å². The minimum absolute atomic E-state index is 0.0749. The minimum Gasteiger partial charge on any atom is -0.480 e. The molecule has 0 saturated carbocycles. The second-order valence-corrected chi connectivity index (χ2v) is 4.23. The van der Waals surface area contributed by atoms with E-state index >= 15 is 0 Å². The number of para-hydroxylation sites is 1. The van der Waals surface area contributed by atoms with E-state index in [2.05, 4.69) is 12.6 Å². The van der Waals surface area contributed by atoms with Gasteiger partial charge in [-0.25, -0.2) is 0 Å². The highest BCUT2D eigenvalue weighted by atomic mass is 32.1. The maximum Gasteiger partial charge on any atom is 0.227 e. The minimum atomic E-state index is -0.398. The molecule has 0 heterocycles. The molecule has 0 spiro atoms. The van der Waals surface area contributed by atoms with Crippen molar-refractivity contribution in [3.63, 3.8) is 0 Å². The van der Waals surface area contributed by atoms with Crippen LogP contribution < -0.4 is 4.74 Å². The highest BCUT2D eigenvalue weighted by Crippen LogP contribution is 2.15. The summed E-state index contributed by atoms with van der Waals surface area (Å²) in [6, 6.07) is 9.40. The second-order valence-electron chi connectivity index (χ2n) is 3.66. The smallest absolute Gasteiger partial charge is 0.227 e. The molecule has 1 aromatic carbocycles. The van der Waals surface area contributed by atoms with Crippen LogP contribution in [0.15, 0.2) is 30.3 Å². The number of nitrogens with zero attached hydrogens (tertiary/aromatic N) is 1. The fraction of sp³-hybridized carbons (Fsp3) is 0.462. The van der Waals surface area contributed by atoms with E-state index in [0.29, 0.717) is 6.42 Å². The largest absolute Gasteiger partial charge is 0.480 e. The SMILES string of the molecule is CCN(CC)C(=O)CC(S)Oc1ccccc1. The summed E-state index contributed by atoms with van der Waals surface area (Å²) in [4.78, 5) is 13.6. The molecule has 0 fully saturated rings. The number of hydrogen-bond donors (Lipinski definition) is 1. The maximum absolute atomic E-state index is 11.8. The van der Waals surface area contributed by atoms with Crippen molar-refractivity contribution in [3.05, 3.63) is 30.3 Å². The number of benzene rings is 1. The molecule has 0 aliphatic heterocycles. The molecule has 0 radical (unpaired) electrons. The monoisotopic (exact) mass is 253 g/mol. The molecule has 0 aliphatic carbocycles. The lowest BCUT2D eigenvalue weighted by atomic mass is 10.3. The number of hydrogen-bond acceptors (Lipinski definition) is 3. The molecular formula is C13H19NO2S. The van der Waals surface area contributed by atoms with Gasteiger partial charge in [-0.05, 0) is 26.0 Å². The van der Waals surface area contributed by atoms with Crippen LogP contribution >= 0.6 is 12.6 Å². The number of rotatable bonds is 6. The van der Waals surface area contributed by atoms with Gasteiger partial charge in [0.1, 0.15) is 5.75 Å². The summed E-state index contributed by atoms with van der Waals surface area (Å²) in [5.74, 6) is 0.811. The van der Waals surface area contributed by atoms with Crippen molar-refractivity contribution >= 4 is 18.5 Å². The average molecular weight is 253 g/mol. The van der Waals surface area contributed by atoms with Crippen molar-refractivity contribution < 1.29 is 9.53 Å². The molecule has 1 aromatic rings. The molecule has 0 aliphatic rings. The second kappa shape index (κ2) is 7.22. The van der Waals surface area contributed by atoms with E-state index in [1.165, 1.54) is 0 Å². The van der Waals surface area contributed by atoms with Crippen molar-refractivity contribution in [1.82, 2.24) is 4.90 Å². The van der Waals surface area contributed by atoms with Crippen molar-refractivity contribution in [2.24, 2.45) is 0 Å². The van der Waals surface area contributed by atoms with E-state index in [0.717, 1.165) is 18.8 Å². The Labute approximate surface area is 108 Å². The molecule has 1 amide bonds. The Morgan fingerprint density at radius 2 is 1.88 bits per heavy atom. The van der Waals surface area contributed by atoms with Gasteiger partial charge in [0, 0.05) is 13.1 Å². The predicted octanol–water partition coefficient (Wildman–Crippen LogP) is 2.58. The van der Waals surface area contributed by atoms with Gasteiger partial charge in [0.25, 0.3) is 0 Å². The summed E-state index contributed by atoms with van der Waals surface area (Å²) in [5.41, 5.74) is -0.398. The molecule has 0 saturated heterocycles. The fourth-order valence-electron chi connectivity index (χ4n) is 1.55. The van der Waals surface area contributed by atoms with E-state index in [1.807, 2.05) is 44.2 Å². The Kier molecular flexibility index (Phi) is 5.91. The zero-order valence-corrected chi connectivity index (χ0v) is 11.2. The van der Waals surface area contributed by atoms with E-state index in [4.69, 9.17) is 4.74 Å². The topological polar surface area (TPSA) is 29.5 Å². The maximum atomic E-state index is 11.8. The molecule has 3 nitrogen and oxygen atoms in total. The Morgan fingerprint density at radius 1 is 1.29 bits per heavy atom. The Morgan fingerprint density at radius 3 is 2.41 bits per heavy atom. The molecule has 1 unspecified atom stereocenters. The van der Waals surface area contributed by atoms with Crippen molar-refractivity contribution in [2.45, 2.75) is 25.7 Å². The third-order valence-corrected chi connectivity index (χ3v) is 2.77. The first-order chi connectivity index (χ1) is 8.17. The van der Waals surface area contributed by atoms with Gasteiger partial charge >= 0.3 is 0 Å². The summed E-state index contributed by atoms with van der Waals surface area (Å²) in [6.45, 7) is 5.38. The van der Waals surface area contributed by atoms with Crippen LogP contribution in [0.25, 0.3) is 0 Å². The zero-order chi connectivity index (χ0) is 12.7. The predicted molar refractivity (Wildman–Crippen MR) is 72.4 cm³/mol. The lowest BCUT2D eigenvalue weighted by Crippen LogP contribution is -2.33. The molecule has 1 atom stereocenters. The standard InChI is InChI=1S/C13H19NO2S/c1-3-14(4-2)12(15)10-13(17)16-11-8-6-5-7-9-11/h5-9,13,17H,3-4,10H2,1-2H3. The highest BCUT2D eigenvalue weighted by Gasteiger charge is 2.15. The van der Waals surface area contributed by atoms with Crippen molar-refractivity contribution in [2.75, 3.05) is 13.1 Å². The van der Waals surface area contributed by atoms with Gasteiger partial charge in [-0.2, -0.15) is 0 Å². The van der Waals surface area contributed by atoms with E-state index < -0.39 is 5.44 Å². The third kappa shape index (κ3) is 4.69. The third-order valence-electron chi connectivity index (χ3n) is 2.48. The molecular weight excluding hydrogens is 234 g/mol. The van der Waals surface area contributed by atoms with Gasteiger partial charge in [0.15, 0.2) is 5.44 Å². The van der Waals surface area contributed by atoms with Gasteiger partial charge in [-0.3, -0.25) is 4.79 Å². The fourth-order valence-corrected chi connectivity index (χ4v) is 1.83. The first-order valence-electron chi connectivity index (χ1n) is 5.84. The van der Waals surface area contributed by atoms with E-state index in [-0.39, 0.29) is 5.91 Å². The van der Waals surface area contributed by atoms with Gasteiger partial charge in [0.2, 0.25) is 5.91 Å². The molecule has 0 aromatic heterocycles. The Hall–Kier alpha value is -1.16. The summed E-state index contributed by atoms with van der Waals surface area (Å²) < 4.78 is 5.54. The number of ether oxygens (including phenoxy) is 1. The van der Waals surface area contributed by atoms with Crippen molar-refractivity contribution in [1.29, 1.82) is 0 Å². The van der Waals surface area contributed by atoms with Crippen molar-refractivity contribution in [3.8, 4) is 5.75 Å². The molecule has 4 heteroatoms. The number of thiol groups is 1. The zero-order valence-electron chi connectivity index (χ0n) is 10.3. The molecule has 17 heavy (non-hydrogen) atoms. The average Bonchev–Trinajstić information content (AvgIpc) is 2.31. The molecule has 1 rings (SSSR count). The first-order valence-corrected chi connectivity index (χ1v) is 6.36. The molecule has 0 bridgehead atoms. The summed E-state index contributed by atoms with van der Waals surface area (Å²) in [5, 5.41) is 0. The normalized spacial score (nSPS) is 11.9. The number of carbonyl (C=O) groups excluding carboxylic acids is 1. The van der Waals surface area contributed by atoms with E-state index in [1.54, 1.807) is 4.90 Å². The lowest BCUT2D eigenvalue weighted by Gasteiger charge is -2.21. The van der Waals surface area contributed by atoms with Crippen LogP contribution in [-0.4, -0.2) is 29.3 Å². The molecule has 94 valence electrons. The van der Waals surface area contributed by atoms with Crippen LogP contribution in [0.4, 0.5) is 0 Å². The Balaban J connectivity index is 2.44. The summed E-state index contributed by atoms with van der Waals surface area (Å²) in [7, 11) is 0. The first kappa shape index (κ1) is 13.9. The number of amides is 1. The summed E-state index contributed by atoms with van der Waals surface area (Å²) in [6.07, 6.45) is 0.291. The van der Waals surface area contributed by atoms with Crippen LogP contribution in [0.5, 0.6) is 5.75 Å². The van der Waals surface area contributed by atoms with Gasteiger partial charge < -0.3 is 9.64 Å². The van der Waals surface area contributed by atoms with Crippen LogP contribution in [0.1, 0.15) is 20.3 Å². The highest BCUT2D eigenvalue weighted by molar-refractivity contribution is 7.80. The lowest BCUT2D eigenvalue weighted by molar-refractivity contribution is -0.131. The van der Waals surface area contributed by atoms with E-state index in [9.17, 15) is 4.79 Å². The van der Waals surface area contributed by atoms with Gasteiger partial charge in [-0.15, -0.1) is 12.6 Å². The van der Waals surface area contributed by atoms with Crippen LogP contribution in [-0.2, 0) is 4.79 Å². The van der Waals surface area contributed by atoms with Gasteiger partial charge in [0.05, 0.1) is 6.42 Å². The van der Waals surface area contributed by atoms with Crippen LogP contribution in [0, 0.1) is 0 Å². The van der Waals surface area contributed by atoms with Gasteiger partial charge in [-0.1, -0.05) is 18.2 Å². The Bertz CT molecular complexity index is 339.